The summed E-state index contributed by atoms with van der Waals surface area (Å²) in [7, 11) is 0. The van der Waals surface area contributed by atoms with Crippen molar-refractivity contribution in [1.82, 2.24) is 10.2 Å². The Balaban J connectivity index is 1.87. The number of nitrogens with one attached hydrogen (secondary N) is 1. The van der Waals surface area contributed by atoms with Gasteiger partial charge in [-0.2, -0.15) is 0 Å². The smallest absolute Gasteiger partial charge is 0.251 e. The molecule has 0 aliphatic carbocycles. The number of hydrogen-bond donors (Lipinski definition) is 1. The SMILES string of the molecule is CCCN(CC1CCCCN1)C(=O)C1CCCCO1. The summed E-state index contributed by atoms with van der Waals surface area (Å²) in [5, 5.41) is 3.53. The Morgan fingerprint density at radius 2 is 2.11 bits per heavy atom. The average molecular weight is 268 g/mol. The lowest BCUT2D eigenvalue weighted by molar-refractivity contribution is -0.147. The zero-order valence-corrected chi connectivity index (χ0v) is 12.2. The summed E-state index contributed by atoms with van der Waals surface area (Å²) < 4.78 is 5.64. The molecular formula is C15H28N2O2. The highest BCUT2D eigenvalue weighted by molar-refractivity contribution is 5.81. The van der Waals surface area contributed by atoms with Gasteiger partial charge in [-0.15, -0.1) is 0 Å². The van der Waals surface area contributed by atoms with Crippen LogP contribution in [0.3, 0.4) is 0 Å². The third-order valence-electron chi connectivity index (χ3n) is 4.11. The summed E-state index contributed by atoms with van der Waals surface area (Å²) in [4.78, 5) is 14.6. The molecule has 1 amide bonds. The van der Waals surface area contributed by atoms with E-state index in [0.29, 0.717) is 6.04 Å². The lowest BCUT2D eigenvalue weighted by atomic mass is 10.0. The summed E-state index contributed by atoms with van der Waals surface area (Å²) >= 11 is 0. The Hall–Kier alpha value is -0.610. The molecule has 0 aromatic carbocycles. The van der Waals surface area contributed by atoms with Gasteiger partial charge in [-0.05, 0) is 45.1 Å². The molecule has 0 radical (unpaired) electrons. The van der Waals surface area contributed by atoms with Gasteiger partial charge >= 0.3 is 0 Å². The Labute approximate surface area is 116 Å². The fourth-order valence-electron chi connectivity index (χ4n) is 3.05. The Kier molecular flexibility index (Phi) is 6.11. The average Bonchev–Trinajstić information content (AvgIpc) is 2.48. The van der Waals surface area contributed by atoms with E-state index in [2.05, 4.69) is 12.2 Å². The van der Waals surface area contributed by atoms with Crippen LogP contribution in [-0.4, -0.2) is 49.2 Å². The molecule has 110 valence electrons. The van der Waals surface area contributed by atoms with Gasteiger partial charge in [0.25, 0.3) is 5.91 Å². The van der Waals surface area contributed by atoms with Crippen LogP contribution in [0.2, 0.25) is 0 Å². The molecule has 4 heteroatoms. The molecule has 19 heavy (non-hydrogen) atoms. The standard InChI is InChI=1S/C15H28N2O2/c1-2-10-17(12-13-7-3-5-9-16-13)15(18)14-8-4-6-11-19-14/h13-14,16H,2-12H2,1H3. The molecule has 2 aliphatic heterocycles. The van der Waals surface area contributed by atoms with Crippen LogP contribution in [0.5, 0.6) is 0 Å². The molecule has 2 unspecified atom stereocenters. The van der Waals surface area contributed by atoms with Crippen molar-refractivity contribution in [2.24, 2.45) is 0 Å². The van der Waals surface area contributed by atoms with E-state index < -0.39 is 0 Å². The molecule has 2 rings (SSSR count). The third-order valence-corrected chi connectivity index (χ3v) is 4.11. The number of amides is 1. The number of carbonyl (C=O) groups excluding carboxylic acids is 1. The first-order chi connectivity index (χ1) is 9.31. The van der Waals surface area contributed by atoms with Crippen molar-refractivity contribution in [2.45, 2.75) is 64.0 Å². The topological polar surface area (TPSA) is 41.6 Å². The summed E-state index contributed by atoms with van der Waals surface area (Å²) in [6.07, 6.45) is 7.71. The summed E-state index contributed by atoms with van der Waals surface area (Å²) in [5.74, 6) is 0.217. The van der Waals surface area contributed by atoms with Gasteiger partial charge in [0.1, 0.15) is 6.10 Å². The van der Waals surface area contributed by atoms with Gasteiger partial charge in [-0.1, -0.05) is 13.3 Å². The van der Waals surface area contributed by atoms with E-state index in [4.69, 9.17) is 4.74 Å². The highest BCUT2D eigenvalue weighted by atomic mass is 16.5. The van der Waals surface area contributed by atoms with Crippen molar-refractivity contribution in [1.29, 1.82) is 0 Å². The summed E-state index contributed by atoms with van der Waals surface area (Å²) in [6.45, 7) is 5.69. The third kappa shape index (κ3) is 4.46. The van der Waals surface area contributed by atoms with Gasteiger partial charge in [-0.25, -0.2) is 0 Å². The van der Waals surface area contributed by atoms with Crippen molar-refractivity contribution in [3.63, 3.8) is 0 Å². The molecule has 0 bridgehead atoms. The molecule has 4 nitrogen and oxygen atoms in total. The first-order valence-corrected chi connectivity index (χ1v) is 7.95. The Morgan fingerprint density at radius 3 is 2.74 bits per heavy atom. The maximum atomic E-state index is 12.5. The predicted octanol–water partition coefficient (Wildman–Crippen LogP) is 1.94. The molecule has 0 aromatic heterocycles. The van der Waals surface area contributed by atoms with E-state index in [1.807, 2.05) is 4.90 Å². The lowest BCUT2D eigenvalue weighted by Gasteiger charge is -2.33. The second-order valence-electron chi connectivity index (χ2n) is 5.79. The second-order valence-corrected chi connectivity index (χ2v) is 5.79. The quantitative estimate of drug-likeness (QED) is 0.828. The predicted molar refractivity (Wildman–Crippen MR) is 76.1 cm³/mol. The monoisotopic (exact) mass is 268 g/mol. The van der Waals surface area contributed by atoms with Gasteiger partial charge in [0.15, 0.2) is 0 Å². The van der Waals surface area contributed by atoms with Gasteiger partial charge in [0, 0.05) is 25.7 Å². The normalized spacial score (nSPS) is 28.1. The lowest BCUT2D eigenvalue weighted by Crippen LogP contribution is -2.49. The van der Waals surface area contributed by atoms with Crippen LogP contribution in [0.25, 0.3) is 0 Å². The largest absolute Gasteiger partial charge is 0.368 e. The zero-order chi connectivity index (χ0) is 13.5. The molecule has 2 atom stereocenters. The van der Waals surface area contributed by atoms with Crippen LogP contribution in [0.4, 0.5) is 0 Å². The molecule has 2 aliphatic rings. The fourth-order valence-corrected chi connectivity index (χ4v) is 3.05. The number of hydrogen-bond acceptors (Lipinski definition) is 3. The fraction of sp³-hybridized carbons (Fsp3) is 0.933. The van der Waals surface area contributed by atoms with Gasteiger partial charge in [-0.3, -0.25) is 4.79 Å². The van der Waals surface area contributed by atoms with Crippen LogP contribution in [0.15, 0.2) is 0 Å². The number of rotatable bonds is 5. The molecule has 2 saturated heterocycles. The Morgan fingerprint density at radius 1 is 1.26 bits per heavy atom. The Bertz CT molecular complexity index is 271. The minimum absolute atomic E-state index is 0.177. The van der Waals surface area contributed by atoms with E-state index in [9.17, 15) is 4.79 Å². The summed E-state index contributed by atoms with van der Waals surface area (Å²) in [6, 6.07) is 0.479. The van der Waals surface area contributed by atoms with Crippen LogP contribution in [0, 0.1) is 0 Å². The molecule has 2 heterocycles. The molecule has 0 aromatic rings. The molecule has 0 spiro atoms. The first kappa shape index (κ1) is 14.8. The van der Waals surface area contributed by atoms with Crippen LogP contribution in [-0.2, 0) is 9.53 Å². The van der Waals surface area contributed by atoms with Gasteiger partial charge < -0.3 is 15.0 Å². The minimum Gasteiger partial charge on any atom is -0.368 e. The minimum atomic E-state index is -0.177. The highest BCUT2D eigenvalue weighted by Crippen LogP contribution is 2.17. The van der Waals surface area contributed by atoms with Crippen LogP contribution < -0.4 is 5.32 Å². The highest BCUT2D eigenvalue weighted by Gasteiger charge is 2.28. The van der Waals surface area contributed by atoms with E-state index in [0.717, 1.165) is 51.9 Å². The second kappa shape index (κ2) is 7.85. The summed E-state index contributed by atoms with van der Waals surface area (Å²) in [5.41, 5.74) is 0. The van der Waals surface area contributed by atoms with Crippen molar-refractivity contribution >= 4 is 5.91 Å². The molecule has 1 N–H and O–H groups in total. The van der Waals surface area contributed by atoms with Crippen LogP contribution in [0.1, 0.15) is 51.9 Å². The van der Waals surface area contributed by atoms with Crippen molar-refractivity contribution < 1.29 is 9.53 Å². The van der Waals surface area contributed by atoms with Crippen LogP contribution >= 0.6 is 0 Å². The maximum absolute atomic E-state index is 12.5. The van der Waals surface area contributed by atoms with E-state index >= 15 is 0 Å². The molecule has 2 fully saturated rings. The number of carbonyl (C=O) groups is 1. The number of ether oxygens (including phenoxy) is 1. The van der Waals surface area contributed by atoms with Crippen molar-refractivity contribution in [3.05, 3.63) is 0 Å². The number of nitrogens with zero attached hydrogens (tertiary/aromatic N) is 1. The van der Waals surface area contributed by atoms with Crippen molar-refractivity contribution in [3.8, 4) is 0 Å². The maximum Gasteiger partial charge on any atom is 0.251 e. The zero-order valence-electron chi connectivity index (χ0n) is 12.2. The van der Waals surface area contributed by atoms with Crippen molar-refractivity contribution in [2.75, 3.05) is 26.2 Å². The molecular weight excluding hydrogens is 240 g/mol. The molecule has 0 saturated carbocycles. The van der Waals surface area contributed by atoms with Gasteiger partial charge in [0.2, 0.25) is 0 Å². The van der Waals surface area contributed by atoms with E-state index in [1.165, 1.54) is 19.3 Å². The van der Waals surface area contributed by atoms with Gasteiger partial charge in [0.05, 0.1) is 0 Å². The van der Waals surface area contributed by atoms with E-state index in [-0.39, 0.29) is 12.0 Å². The van der Waals surface area contributed by atoms with E-state index in [1.54, 1.807) is 0 Å². The number of piperidine rings is 1. The first-order valence-electron chi connectivity index (χ1n) is 7.95.